The van der Waals surface area contributed by atoms with Crippen molar-refractivity contribution in [3.63, 3.8) is 0 Å². The number of hydrogen-bond acceptors (Lipinski definition) is 3. The van der Waals surface area contributed by atoms with Gasteiger partial charge in [-0.2, -0.15) is 0 Å². The van der Waals surface area contributed by atoms with E-state index in [1.807, 2.05) is 0 Å². The van der Waals surface area contributed by atoms with Crippen LogP contribution in [0.25, 0.3) is 0 Å². The molecule has 1 aliphatic heterocycles. The van der Waals surface area contributed by atoms with Crippen molar-refractivity contribution < 1.29 is 13.9 Å². The molecule has 1 heterocycles. The molecule has 106 valence electrons. The number of hydrogen-bond donors (Lipinski definition) is 2. The molecule has 1 aromatic carbocycles. The third-order valence-corrected chi connectivity index (χ3v) is 2.92. The maximum Gasteiger partial charge on any atom is 0.234 e. The summed E-state index contributed by atoms with van der Waals surface area (Å²) < 4.78 is 18.7. The van der Waals surface area contributed by atoms with Crippen LogP contribution in [-0.4, -0.2) is 26.1 Å². The van der Waals surface area contributed by atoms with Gasteiger partial charge < -0.3 is 15.4 Å². The Hall–Kier alpha value is -1.33. The average molecular weight is 289 g/mol. The summed E-state index contributed by atoms with van der Waals surface area (Å²) in [6.45, 7) is 0.822. The number of carbonyl (C=O) groups excluding carboxylic acids is 1. The van der Waals surface area contributed by atoms with Crippen molar-refractivity contribution in [1.29, 1.82) is 0 Å². The molecule has 0 aliphatic carbocycles. The van der Waals surface area contributed by atoms with E-state index in [1.165, 1.54) is 12.1 Å². The maximum atomic E-state index is 13.2. The van der Waals surface area contributed by atoms with Crippen molar-refractivity contribution in [2.45, 2.75) is 18.9 Å². The van der Waals surface area contributed by atoms with Crippen LogP contribution >= 0.6 is 12.4 Å². The molecular formula is C13H18ClFN2O2. The Morgan fingerprint density at radius 2 is 2.32 bits per heavy atom. The number of rotatable bonds is 3. The van der Waals surface area contributed by atoms with Gasteiger partial charge in [0.15, 0.2) is 0 Å². The van der Waals surface area contributed by atoms with Crippen LogP contribution in [0.2, 0.25) is 0 Å². The highest BCUT2D eigenvalue weighted by molar-refractivity contribution is 5.85. The van der Waals surface area contributed by atoms with E-state index in [9.17, 15) is 9.18 Å². The van der Waals surface area contributed by atoms with Crippen LogP contribution in [0.5, 0.6) is 5.75 Å². The number of nitrogens with one attached hydrogen (secondary N) is 2. The maximum absolute atomic E-state index is 13.2. The second-order valence-corrected chi connectivity index (χ2v) is 4.32. The fourth-order valence-corrected chi connectivity index (χ4v) is 2.10. The van der Waals surface area contributed by atoms with Gasteiger partial charge in [-0.3, -0.25) is 4.79 Å². The third-order valence-electron chi connectivity index (χ3n) is 2.92. The number of likely N-dealkylation sites (N-methyl/N-ethyl adjacent to an activating group) is 1. The third kappa shape index (κ3) is 4.08. The summed E-state index contributed by atoms with van der Waals surface area (Å²) in [6.07, 6.45) is 1.63. The topological polar surface area (TPSA) is 50.4 Å². The molecule has 19 heavy (non-hydrogen) atoms. The number of amides is 1. The van der Waals surface area contributed by atoms with Crippen molar-refractivity contribution in [3.05, 3.63) is 29.6 Å². The summed E-state index contributed by atoms with van der Waals surface area (Å²) >= 11 is 0. The number of ether oxygens (including phenoxy) is 1. The molecule has 0 spiro atoms. The predicted octanol–water partition coefficient (Wildman–Crippen LogP) is 1.80. The minimum absolute atomic E-state index is 0. The van der Waals surface area contributed by atoms with Crippen molar-refractivity contribution >= 4 is 18.3 Å². The monoisotopic (exact) mass is 288 g/mol. The summed E-state index contributed by atoms with van der Waals surface area (Å²) in [5, 5.41) is 5.73. The molecule has 1 unspecified atom stereocenters. The normalized spacial score (nSPS) is 17.5. The Balaban J connectivity index is 0.00000180. The van der Waals surface area contributed by atoms with E-state index in [0.717, 1.165) is 18.4 Å². The Labute approximate surface area is 118 Å². The molecule has 0 radical (unpaired) electrons. The van der Waals surface area contributed by atoms with E-state index < -0.39 is 0 Å². The first kappa shape index (κ1) is 15.7. The lowest BCUT2D eigenvalue weighted by Crippen LogP contribution is -2.34. The van der Waals surface area contributed by atoms with Gasteiger partial charge in [0.2, 0.25) is 5.91 Å². The first-order valence-electron chi connectivity index (χ1n) is 6.07. The second kappa shape index (κ2) is 7.31. The van der Waals surface area contributed by atoms with E-state index >= 15 is 0 Å². The Kier molecular flexibility index (Phi) is 6.05. The lowest BCUT2D eigenvalue weighted by atomic mass is 10.0. The standard InChI is InChI=1S/C13H17FN2O2.ClH/c1-15-8-13(17)16-11-3-2-6-18-12-7-9(14)4-5-10(11)12;/h4-5,7,11,15H,2-3,6,8H2,1H3,(H,16,17);1H. The fourth-order valence-electron chi connectivity index (χ4n) is 2.10. The molecule has 1 aliphatic rings. The van der Waals surface area contributed by atoms with Crippen LogP contribution in [0.3, 0.4) is 0 Å². The van der Waals surface area contributed by atoms with Crippen LogP contribution in [0, 0.1) is 5.82 Å². The zero-order valence-corrected chi connectivity index (χ0v) is 11.6. The van der Waals surface area contributed by atoms with E-state index in [2.05, 4.69) is 10.6 Å². The first-order valence-corrected chi connectivity index (χ1v) is 6.07. The molecule has 2 N–H and O–H groups in total. The van der Waals surface area contributed by atoms with E-state index in [-0.39, 0.29) is 36.7 Å². The summed E-state index contributed by atoms with van der Waals surface area (Å²) in [7, 11) is 1.72. The molecule has 0 bridgehead atoms. The van der Waals surface area contributed by atoms with Crippen molar-refractivity contribution in [3.8, 4) is 5.75 Å². The molecule has 0 saturated heterocycles. The molecular weight excluding hydrogens is 271 g/mol. The highest BCUT2D eigenvalue weighted by Crippen LogP contribution is 2.31. The quantitative estimate of drug-likeness (QED) is 0.892. The molecule has 1 amide bonds. The van der Waals surface area contributed by atoms with Gasteiger partial charge in [-0.1, -0.05) is 6.07 Å². The van der Waals surface area contributed by atoms with E-state index in [1.54, 1.807) is 13.1 Å². The molecule has 0 fully saturated rings. The summed E-state index contributed by atoms with van der Waals surface area (Å²) in [4.78, 5) is 11.6. The zero-order chi connectivity index (χ0) is 13.0. The van der Waals surface area contributed by atoms with Gasteiger partial charge in [0, 0.05) is 11.6 Å². The second-order valence-electron chi connectivity index (χ2n) is 4.32. The van der Waals surface area contributed by atoms with Crippen LogP contribution in [-0.2, 0) is 4.79 Å². The highest BCUT2D eigenvalue weighted by Gasteiger charge is 2.21. The van der Waals surface area contributed by atoms with Crippen molar-refractivity contribution in [1.82, 2.24) is 10.6 Å². The van der Waals surface area contributed by atoms with Crippen LogP contribution in [0.1, 0.15) is 24.4 Å². The summed E-state index contributed by atoms with van der Waals surface area (Å²) in [6, 6.07) is 4.34. The molecule has 0 saturated carbocycles. The molecule has 4 nitrogen and oxygen atoms in total. The van der Waals surface area contributed by atoms with Crippen molar-refractivity contribution in [2.24, 2.45) is 0 Å². The molecule has 1 aromatic rings. The SMILES string of the molecule is CNCC(=O)NC1CCCOc2cc(F)ccc21.Cl. The van der Waals surface area contributed by atoms with Gasteiger partial charge in [0.1, 0.15) is 11.6 Å². The molecule has 1 atom stereocenters. The number of benzene rings is 1. The minimum Gasteiger partial charge on any atom is -0.493 e. The molecule has 2 rings (SSSR count). The molecule has 6 heteroatoms. The smallest absolute Gasteiger partial charge is 0.234 e. The average Bonchev–Trinajstić information content (AvgIpc) is 2.52. The summed E-state index contributed by atoms with van der Waals surface area (Å²) in [5.74, 6) is 0.137. The fraction of sp³-hybridized carbons (Fsp3) is 0.462. The highest BCUT2D eigenvalue weighted by atomic mass is 35.5. The van der Waals surface area contributed by atoms with Gasteiger partial charge >= 0.3 is 0 Å². The largest absolute Gasteiger partial charge is 0.493 e. The molecule has 0 aromatic heterocycles. The van der Waals surface area contributed by atoms with Gasteiger partial charge in [-0.15, -0.1) is 12.4 Å². The number of carbonyl (C=O) groups is 1. The Morgan fingerprint density at radius 1 is 1.53 bits per heavy atom. The van der Waals surface area contributed by atoms with Crippen LogP contribution < -0.4 is 15.4 Å². The van der Waals surface area contributed by atoms with Crippen molar-refractivity contribution in [2.75, 3.05) is 20.2 Å². The number of fused-ring (bicyclic) bond motifs is 1. The van der Waals surface area contributed by atoms with Crippen LogP contribution in [0.4, 0.5) is 4.39 Å². The minimum atomic E-state index is -0.323. The lowest BCUT2D eigenvalue weighted by Gasteiger charge is -2.18. The van der Waals surface area contributed by atoms with E-state index in [4.69, 9.17) is 4.74 Å². The van der Waals surface area contributed by atoms with E-state index in [0.29, 0.717) is 12.4 Å². The lowest BCUT2D eigenvalue weighted by molar-refractivity contribution is -0.120. The van der Waals surface area contributed by atoms with Gasteiger partial charge in [0.25, 0.3) is 0 Å². The Bertz CT molecular complexity index is 443. The summed E-state index contributed by atoms with van der Waals surface area (Å²) in [5.41, 5.74) is 0.846. The van der Waals surface area contributed by atoms with Gasteiger partial charge in [-0.25, -0.2) is 4.39 Å². The Morgan fingerprint density at radius 3 is 3.05 bits per heavy atom. The van der Waals surface area contributed by atoms with Gasteiger partial charge in [0.05, 0.1) is 19.2 Å². The van der Waals surface area contributed by atoms with Gasteiger partial charge in [-0.05, 0) is 26.0 Å². The zero-order valence-electron chi connectivity index (χ0n) is 10.7. The predicted molar refractivity (Wildman–Crippen MR) is 73.2 cm³/mol. The van der Waals surface area contributed by atoms with Crippen LogP contribution in [0.15, 0.2) is 18.2 Å². The number of halogens is 2. The first-order chi connectivity index (χ1) is 8.70.